The molecule has 1 aromatic heterocycles. The van der Waals surface area contributed by atoms with Crippen LogP contribution in [0, 0.1) is 0 Å². The van der Waals surface area contributed by atoms with Gasteiger partial charge in [-0.15, -0.1) is 0 Å². The Bertz CT molecular complexity index is 348. The third kappa shape index (κ3) is 2.38. The summed E-state index contributed by atoms with van der Waals surface area (Å²) in [6, 6.07) is 1.75. The number of halogens is 1. The van der Waals surface area contributed by atoms with E-state index in [2.05, 4.69) is 21.0 Å². The van der Waals surface area contributed by atoms with E-state index in [9.17, 15) is 4.79 Å². The maximum Gasteiger partial charge on any atom is 0.281 e. The summed E-state index contributed by atoms with van der Waals surface area (Å²) in [4.78, 5) is 11.4. The molecule has 0 spiro atoms. The van der Waals surface area contributed by atoms with Gasteiger partial charge in [0, 0.05) is 6.54 Å². The second-order valence-electron chi connectivity index (χ2n) is 2.65. The van der Waals surface area contributed by atoms with Gasteiger partial charge in [-0.3, -0.25) is 4.79 Å². The van der Waals surface area contributed by atoms with Crippen molar-refractivity contribution in [2.45, 2.75) is 19.9 Å². The molecule has 1 heterocycles. The molecule has 0 amide bonds. The van der Waals surface area contributed by atoms with Crippen LogP contribution in [-0.2, 0) is 13.0 Å². The monoisotopic (exact) mass is 245 g/mol. The number of aromatic nitrogens is 2. The van der Waals surface area contributed by atoms with E-state index in [-0.39, 0.29) is 5.56 Å². The van der Waals surface area contributed by atoms with E-state index in [1.165, 1.54) is 4.68 Å². The van der Waals surface area contributed by atoms with E-state index in [0.29, 0.717) is 17.6 Å². The molecule has 13 heavy (non-hydrogen) atoms. The van der Waals surface area contributed by atoms with Crippen LogP contribution in [0.4, 0.5) is 0 Å². The number of hydrogen-bond donors (Lipinski definition) is 1. The van der Waals surface area contributed by atoms with Crippen molar-refractivity contribution in [2.75, 3.05) is 6.54 Å². The zero-order valence-electron chi connectivity index (χ0n) is 7.46. The van der Waals surface area contributed by atoms with Gasteiger partial charge in [-0.25, -0.2) is 4.68 Å². The molecular weight excluding hydrogens is 234 g/mol. The zero-order valence-corrected chi connectivity index (χ0v) is 9.04. The van der Waals surface area contributed by atoms with Crippen LogP contribution in [0.5, 0.6) is 0 Å². The summed E-state index contributed by atoms with van der Waals surface area (Å²) in [5.74, 6) is 0. The molecule has 1 rings (SSSR count). The van der Waals surface area contributed by atoms with Crippen molar-refractivity contribution in [3.8, 4) is 0 Å². The van der Waals surface area contributed by atoms with Crippen LogP contribution in [0.25, 0.3) is 0 Å². The van der Waals surface area contributed by atoms with Gasteiger partial charge in [0.25, 0.3) is 5.56 Å². The summed E-state index contributed by atoms with van der Waals surface area (Å²) < 4.78 is 1.94. The molecule has 0 bridgehead atoms. The molecule has 1 aromatic rings. The van der Waals surface area contributed by atoms with Crippen LogP contribution >= 0.6 is 15.9 Å². The Hall–Kier alpha value is -0.680. The minimum Gasteiger partial charge on any atom is -0.329 e. The second kappa shape index (κ2) is 4.53. The van der Waals surface area contributed by atoms with Crippen LogP contribution in [0.15, 0.2) is 15.3 Å². The molecule has 0 unspecified atom stereocenters. The largest absolute Gasteiger partial charge is 0.329 e. The predicted molar refractivity (Wildman–Crippen MR) is 54.6 cm³/mol. The molecule has 0 aliphatic heterocycles. The van der Waals surface area contributed by atoms with Gasteiger partial charge < -0.3 is 5.73 Å². The molecule has 0 saturated heterocycles. The van der Waals surface area contributed by atoms with Gasteiger partial charge >= 0.3 is 0 Å². The van der Waals surface area contributed by atoms with Crippen LogP contribution in [-0.4, -0.2) is 16.3 Å². The molecule has 4 nitrogen and oxygen atoms in total. The normalized spacial score (nSPS) is 10.4. The molecule has 0 radical (unpaired) electrons. The molecule has 0 fully saturated rings. The van der Waals surface area contributed by atoms with Gasteiger partial charge in [-0.2, -0.15) is 5.10 Å². The highest BCUT2D eigenvalue weighted by molar-refractivity contribution is 9.10. The molecule has 0 aliphatic carbocycles. The molecule has 2 N–H and O–H groups in total. The van der Waals surface area contributed by atoms with Crippen LogP contribution in [0.1, 0.15) is 12.6 Å². The molecule has 72 valence electrons. The Labute approximate surface area is 84.9 Å². The first-order valence-corrected chi connectivity index (χ1v) is 4.95. The van der Waals surface area contributed by atoms with Gasteiger partial charge in [0.1, 0.15) is 0 Å². The van der Waals surface area contributed by atoms with Gasteiger partial charge in [0.15, 0.2) is 0 Å². The van der Waals surface area contributed by atoms with Gasteiger partial charge in [0.05, 0.1) is 16.7 Å². The summed E-state index contributed by atoms with van der Waals surface area (Å²) in [5, 5.41) is 4.14. The first-order chi connectivity index (χ1) is 6.19. The predicted octanol–water partition coefficient (Wildman–Crippen LogP) is 0.527. The molecule has 0 aliphatic rings. The highest BCUT2D eigenvalue weighted by Gasteiger charge is 2.03. The molecule has 0 saturated carbocycles. The van der Waals surface area contributed by atoms with Crippen LogP contribution < -0.4 is 11.3 Å². The van der Waals surface area contributed by atoms with Crippen molar-refractivity contribution >= 4 is 15.9 Å². The zero-order chi connectivity index (χ0) is 9.84. The van der Waals surface area contributed by atoms with Gasteiger partial charge in [-0.05, 0) is 28.4 Å². The first-order valence-electron chi connectivity index (χ1n) is 4.15. The van der Waals surface area contributed by atoms with Crippen molar-refractivity contribution in [3.05, 3.63) is 26.6 Å². The van der Waals surface area contributed by atoms with Crippen molar-refractivity contribution in [2.24, 2.45) is 5.73 Å². The highest BCUT2D eigenvalue weighted by atomic mass is 79.9. The van der Waals surface area contributed by atoms with E-state index in [1.807, 2.05) is 6.92 Å². The van der Waals surface area contributed by atoms with E-state index >= 15 is 0 Å². The summed E-state index contributed by atoms with van der Waals surface area (Å²) in [6.45, 7) is 2.88. The van der Waals surface area contributed by atoms with Crippen molar-refractivity contribution in [3.63, 3.8) is 0 Å². The fourth-order valence-corrected chi connectivity index (χ4v) is 1.48. The standard InChI is InChI=1S/C8H12BrN3O/c1-2-6-5-7(9)8(13)12(11-6)4-3-10/h5H,2-4,10H2,1H3. The average Bonchev–Trinajstić information content (AvgIpc) is 2.13. The fourth-order valence-electron chi connectivity index (χ4n) is 1.01. The number of rotatable bonds is 3. The van der Waals surface area contributed by atoms with E-state index in [0.717, 1.165) is 12.1 Å². The molecule has 0 aromatic carbocycles. The SMILES string of the molecule is CCc1cc(Br)c(=O)n(CCN)n1. The minimum absolute atomic E-state index is 0.123. The summed E-state index contributed by atoms with van der Waals surface area (Å²) >= 11 is 3.19. The number of nitrogens with two attached hydrogens (primary N) is 1. The number of nitrogens with zero attached hydrogens (tertiary/aromatic N) is 2. The number of aryl methyl sites for hydroxylation is 1. The quantitative estimate of drug-likeness (QED) is 0.846. The molecule has 5 heteroatoms. The maximum atomic E-state index is 11.4. The Morgan fingerprint density at radius 3 is 2.92 bits per heavy atom. The topological polar surface area (TPSA) is 60.9 Å². The minimum atomic E-state index is -0.123. The highest BCUT2D eigenvalue weighted by Crippen LogP contribution is 2.04. The average molecular weight is 246 g/mol. The molecular formula is C8H12BrN3O. The van der Waals surface area contributed by atoms with E-state index < -0.39 is 0 Å². The summed E-state index contributed by atoms with van der Waals surface area (Å²) in [6.07, 6.45) is 0.809. The lowest BCUT2D eigenvalue weighted by atomic mass is 10.3. The lowest BCUT2D eigenvalue weighted by Gasteiger charge is -2.05. The summed E-state index contributed by atoms with van der Waals surface area (Å²) in [5.41, 5.74) is 6.12. The van der Waals surface area contributed by atoms with E-state index in [4.69, 9.17) is 5.73 Å². The van der Waals surface area contributed by atoms with Gasteiger partial charge in [0.2, 0.25) is 0 Å². The maximum absolute atomic E-state index is 11.4. The number of hydrogen-bond acceptors (Lipinski definition) is 3. The lowest BCUT2D eigenvalue weighted by Crippen LogP contribution is -2.27. The Morgan fingerprint density at radius 2 is 2.38 bits per heavy atom. The lowest BCUT2D eigenvalue weighted by molar-refractivity contribution is 0.571. The van der Waals surface area contributed by atoms with Crippen LogP contribution in [0.2, 0.25) is 0 Å². The van der Waals surface area contributed by atoms with E-state index in [1.54, 1.807) is 6.07 Å². The fraction of sp³-hybridized carbons (Fsp3) is 0.500. The van der Waals surface area contributed by atoms with Crippen molar-refractivity contribution in [1.82, 2.24) is 9.78 Å². The smallest absolute Gasteiger partial charge is 0.281 e. The Balaban J connectivity index is 3.17. The Morgan fingerprint density at radius 1 is 1.69 bits per heavy atom. The summed E-state index contributed by atoms with van der Waals surface area (Å²) in [7, 11) is 0. The van der Waals surface area contributed by atoms with Crippen molar-refractivity contribution < 1.29 is 0 Å². The molecule has 0 atom stereocenters. The third-order valence-corrected chi connectivity index (χ3v) is 2.25. The third-order valence-electron chi connectivity index (χ3n) is 1.68. The van der Waals surface area contributed by atoms with Gasteiger partial charge in [-0.1, -0.05) is 6.92 Å². The Kier molecular flexibility index (Phi) is 3.62. The second-order valence-corrected chi connectivity index (χ2v) is 3.51. The first kappa shape index (κ1) is 10.4. The van der Waals surface area contributed by atoms with Crippen LogP contribution in [0.3, 0.4) is 0 Å². The van der Waals surface area contributed by atoms with Crippen molar-refractivity contribution in [1.29, 1.82) is 0 Å².